The molecule has 1 saturated carbocycles. The Bertz CT molecular complexity index is 514. The average molecular weight is 313 g/mol. The number of hydrogen-bond acceptors (Lipinski definition) is 3. The van der Waals surface area contributed by atoms with Gasteiger partial charge < -0.3 is 15.2 Å². The number of rotatable bonds is 6. The number of ether oxygens (including phenoxy) is 1. The van der Waals surface area contributed by atoms with E-state index in [0.717, 1.165) is 25.7 Å². The van der Waals surface area contributed by atoms with Crippen LogP contribution in [0.3, 0.4) is 0 Å². The molecule has 2 rings (SSSR count). The van der Waals surface area contributed by atoms with Gasteiger partial charge in [0.1, 0.15) is 6.61 Å². The van der Waals surface area contributed by atoms with Crippen LogP contribution in [0.2, 0.25) is 0 Å². The Kier molecular flexibility index (Phi) is 5.71. The molecule has 0 saturated heterocycles. The molecular formula is C16H21F2NO3. The third kappa shape index (κ3) is 4.66. The van der Waals surface area contributed by atoms with E-state index in [4.69, 9.17) is 9.84 Å². The van der Waals surface area contributed by atoms with Gasteiger partial charge >= 0.3 is 5.97 Å². The van der Waals surface area contributed by atoms with Gasteiger partial charge in [0.25, 0.3) is 6.43 Å². The van der Waals surface area contributed by atoms with Crippen LogP contribution in [-0.2, 0) is 9.53 Å². The van der Waals surface area contributed by atoms with E-state index >= 15 is 0 Å². The second-order valence-electron chi connectivity index (χ2n) is 5.69. The number of alkyl halides is 2. The largest absolute Gasteiger partial charge is 0.480 e. The Balaban J connectivity index is 1.86. The van der Waals surface area contributed by atoms with Crippen LogP contribution < -0.4 is 5.32 Å². The van der Waals surface area contributed by atoms with E-state index in [1.807, 2.05) is 6.07 Å². The molecule has 4 nitrogen and oxygen atoms in total. The number of carbonyl (C=O) groups is 1. The molecular weight excluding hydrogens is 292 g/mol. The van der Waals surface area contributed by atoms with Gasteiger partial charge in [0, 0.05) is 17.3 Å². The molecule has 0 heterocycles. The Morgan fingerprint density at radius 2 is 2.05 bits per heavy atom. The molecule has 0 amide bonds. The van der Waals surface area contributed by atoms with E-state index in [-0.39, 0.29) is 24.3 Å². The zero-order chi connectivity index (χ0) is 16.1. The molecule has 0 aromatic heterocycles. The minimum Gasteiger partial charge on any atom is -0.480 e. The molecule has 0 unspecified atom stereocenters. The normalized spacial score (nSPS) is 21.8. The minimum atomic E-state index is -2.47. The smallest absolute Gasteiger partial charge is 0.329 e. The number of carboxylic acids is 1. The number of carboxylic acid groups (broad SMARTS) is 1. The van der Waals surface area contributed by atoms with Crippen molar-refractivity contribution in [3.63, 3.8) is 0 Å². The van der Waals surface area contributed by atoms with Gasteiger partial charge in [-0.3, -0.25) is 0 Å². The highest BCUT2D eigenvalue weighted by atomic mass is 19.3. The van der Waals surface area contributed by atoms with Crippen molar-refractivity contribution >= 4 is 11.7 Å². The van der Waals surface area contributed by atoms with Crippen LogP contribution in [0, 0.1) is 6.92 Å². The molecule has 2 N–H and O–H groups in total. The summed E-state index contributed by atoms with van der Waals surface area (Å²) in [6, 6.07) is 5.23. The summed E-state index contributed by atoms with van der Waals surface area (Å²) >= 11 is 0. The summed E-state index contributed by atoms with van der Waals surface area (Å²) in [6.07, 6.45) is 0.729. The van der Waals surface area contributed by atoms with Crippen molar-refractivity contribution in [2.75, 3.05) is 11.9 Å². The maximum Gasteiger partial charge on any atom is 0.329 e. The molecule has 0 spiro atoms. The van der Waals surface area contributed by atoms with Crippen molar-refractivity contribution in [1.82, 2.24) is 0 Å². The summed E-state index contributed by atoms with van der Waals surface area (Å²) in [5.41, 5.74) is 1.35. The highest BCUT2D eigenvalue weighted by Crippen LogP contribution is 2.28. The van der Waals surface area contributed by atoms with E-state index in [9.17, 15) is 13.6 Å². The van der Waals surface area contributed by atoms with Gasteiger partial charge in [-0.2, -0.15) is 0 Å². The first-order valence-electron chi connectivity index (χ1n) is 7.44. The fourth-order valence-corrected chi connectivity index (χ4v) is 2.76. The van der Waals surface area contributed by atoms with Crippen molar-refractivity contribution in [1.29, 1.82) is 0 Å². The van der Waals surface area contributed by atoms with Crippen LogP contribution in [0.15, 0.2) is 18.2 Å². The van der Waals surface area contributed by atoms with Crippen molar-refractivity contribution < 1.29 is 23.4 Å². The monoisotopic (exact) mass is 313 g/mol. The number of benzene rings is 1. The fraction of sp³-hybridized carbons (Fsp3) is 0.562. The number of halogens is 2. The summed E-state index contributed by atoms with van der Waals surface area (Å²) in [7, 11) is 0. The lowest BCUT2D eigenvalue weighted by Crippen LogP contribution is -2.30. The van der Waals surface area contributed by atoms with Crippen LogP contribution in [0.4, 0.5) is 14.5 Å². The molecule has 1 aliphatic rings. The molecule has 6 heteroatoms. The maximum atomic E-state index is 12.9. The Hall–Kier alpha value is -1.69. The summed E-state index contributed by atoms with van der Waals surface area (Å²) in [4.78, 5) is 10.5. The summed E-state index contributed by atoms with van der Waals surface area (Å²) in [5, 5.41) is 11.9. The molecule has 1 aromatic carbocycles. The van der Waals surface area contributed by atoms with Gasteiger partial charge in [-0.25, -0.2) is 13.6 Å². The third-order valence-corrected chi connectivity index (χ3v) is 4.00. The van der Waals surface area contributed by atoms with Crippen LogP contribution in [0.25, 0.3) is 0 Å². The molecule has 1 fully saturated rings. The van der Waals surface area contributed by atoms with Gasteiger partial charge in [0.05, 0.1) is 6.10 Å². The average Bonchev–Trinajstić information content (AvgIpc) is 2.48. The van der Waals surface area contributed by atoms with Gasteiger partial charge in [0.2, 0.25) is 0 Å². The predicted molar refractivity (Wildman–Crippen MR) is 79.4 cm³/mol. The molecule has 0 aliphatic heterocycles. The topological polar surface area (TPSA) is 58.6 Å². The first-order valence-corrected chi connectivity index (χ1v) is 7.44. The van der Waals surface area contributed by atoms with Gasteiger partial charge in [-0.1, -0.05) is 6.07 Å². The molecule has 0 atom stereocenters. The molecule has 22 heavy (non-hydrogen) atoms. The zero-order valence-corrected chi connectivity index (χ0v) is 12.5. The summed E-state index contributed by atoms with van der Waals surface area (Å²) in [5.74, 6) is -0.959. The standard InChI is InChI=1S/C16H21F2NO3/c1-10-2-3-12(8-14(10)16(17)18)19-11-4-6-13(7-5-11)22-9-15(20)21/h2-3,8,11,13,16,19H,4-7,9H2,1H3,(H,20,21)/t11-,13-. The van der Waals surface area contributed by atoms with Gasteiger partial charge in [-0.15, -0.1) is 0 Å². The fourth-order valence-electron chi connectivity index (χ4n) is 2.76. The second-order valence-corrected chi connectivity index (χ2v) is 5.69. The number of anilines is 1. The highest BCUT2D eigenvalue weighted by molar-refractivity contribution is 5.68. The number of nitrogens with one attached hydrogen (secondary N) is 1. The first kappa shape index (κ1) is 16.7. The minimum absolute atomic E-state index is 0.0243. The lowest BCUT2D eigenvalue weighted by atomic mass is 9.92. The third-order valence-electron chi connectivity index (χ3n) is 4.00. The van der Waals surface area contributed by atoms with Gasteiger partial charge in [0.15, 0.2) is 0 Å². The number of aliphatic carboxylic acids is 1. The lowest BCUT2D eigenvalue weighted by Gasteiger charge is -2.29. The Labute approximate surface area is 128 Å². The quantitative estimate of drug-likeness (QED) is 0.839. The van der Waals surface area contributed by atoms with E-state index in [0.29, 0.717) is 11.3 Å². The Morgan fingerprint density at radius 1 is 1.36 bits per heavy atom. The van der Waals surface area contributed by atoms with Crippen molar-refractivity contribution in [2.24, 2.45) is 0 Å². The summed E-state index contributed by atoms with van der Waals surface area (Å²) in [6.45, 7) is 1.41. The van der Waals surface area contributed by atoms with Crippen LogP contribution in [-0.4, -0.2) is 29.8 Å². The van der Waals surface area contributed by atoms with E-state index in [1.165, 1.54) is 6.07 Å². The lowest BCUT2D eigenvalue weighted by molar-refractivity contribution is -0.145. The maximum absolute atomic E-state index is 12.9. The highest BCUT2D eigenvalue weighted by Gasteiger charge is 2.22. The SMILES string of the molecule is Cc1ccc(N[C@H]2CC[C@H](OCC(=O)O)CC2)cc1C(F)F. The Morgan fingerprint density at radius 3 is 2.64 bits per heavy atom. The number of aryl methyl sites for hydroxylation is 1. The van der Waals surface area contributed by atoms with E-state index in [1.54, 1.807) is 13.0 Å². The van der Waals surface area contributed by atoms with Crippen LogP contribution in [0.5, 0.6) is 0 Å². The molecule has 1 aromatic rings. The van der Waals surface area contributed by atoms with Gasteiger partial charge in [-0.05, 0) is 50.3 Å². The van der Waals surface area contributed by atoms with Crippen LogP contribution >= 0.6 is 0 Å². The van der Waals surface area contributed by atoms with Crippen LogP contribution in [0.1, 0.15) is 43.2 Å². The molecule has 0 radical (unpaired) electrons. The van der Waals surface area contributed by atoms with E-state index in [2.05, 4.69) is 5.32 Å². The van der Waals surface area contributed by atoms with E-state index < -0.39 is 12.4 Å². The molecule has 122 valence electrons. The number of hydrogen-bond donors (Lipinski definition) is 2. The molecule has 1 aliphatic carbocycles. The molecule has 0 bridgehead atoms. The predicted octanol–water partition coefficient (Wildman–Crippen LogP) is 3.76. The second kappa shape index (κ2) is 7.54. The van der Waals surface area contributed by atoms with Crippen molar-refractivity contribution in [2.45, 2.75) is 51.2 Å². The zero-order valence-electron chi connectivity index (χ0n) is 12.5. The van der Waals surface area contributed by atoms with Crippen molar-refractivity contribution in [3.05, 3.63) is 29.3 Å². The van der Waals surface area contributed by atoms with Crippen molar-refractivity contribution in [3.8, 4) is 0 Å². The summed E-state index contributed by atoms with van der Waals surface area (Å²) < 4.78 is 31.1. The first-order chi connectivity index (χ1) is 10.5.